The molecule has 0 saturated heterocycles. The molecule has 4 aromatic carbocycles. The average Bonchev–Trinajstić information content (AvgIpc) is 3.34. The van der Waals surface area contributed by atoms with Crippen molar-refractivity contribution in [2.24, 2.45) is 0 Å². The lowest BCUT2D eigenvalue weighted by atomic mass is 10.1. The smallest absolute Gasteiger partial charge is 0.274 e. The second kappa shape index (κ2) is 7.62. The van der Waals surface area contributed by atoms with E-state index in [4.69, 9.17) is 4.74 Å². The van der Waals surface area contributed by atoms with Gasteiger partial charge in [0.25, 0.3) is 5.56 Å². The van der Waals surface area contributed by atoms with E-state index in [1.54, 1.807) is 4.40 Å². The van der Waals surface area contributed by atoms with Crippen molar-refractivity contribution >= 4 is 44.2 Å². The highest BCUT2D eigenvalue weighted by Crippen LogP contribution is 2.24. The normalized spacial score (nSPS) is 12.2. The maximum Gasteiger partial charge on any atom is 0.274 e. The summed E-state index contributed by atoms with van der Waals surface area (Å²) >= 11 is 1.40. The van der Waals surface area contributed by atoms with Gasteiger partial charge in [-0.2, -0.15) is 0 Å². The molecule has 0 spiro atoms. The van der Waals surface area contributed by atoms with Gasteiger partial charge in [0.05, 0.1) is 15.6 Å². The first kappa shape index (κ1) is 18.8. The molecule has 0 bridgehead atoms. The van der Waals surface area contributed by atoms with Crippen molar-refractivity contribution in [1.29, 1.82) is 0 Å². The third-order valence-electron chi connectivity index (χ3n) is 5.61. The van der Waals surface area contributed by atoms with Crippen LogP contribution in [0.4, 0.5) is 0 Å². The van der Waals surface area contributed by atoms with Gasteiger partial charge in [-0.15, -0.1) is 0 Å². The highest BCUT2D eigenvalue weighted by atomic mass is 32.1. The van der Waals surface area contributed by atoms with Crippen molar-refractivity contribution in [3.63, 3.8) is 0 Å². The molecule has 0 amide bonds. The summed E-state index contributed by atoms with van der Waals surface area (Å²) in [5.74, 6) is 0.746. The molecule has 4 nitrogen and oxygen atoms in total. The minimum absolute atomic E-state index is 0.0532. The Kier molecular flexibility index (Phi) is 4.47. The molecule has 0 N–H and O–H groups in total. The standard InChI is InChI=1S/C27H18N2O2S/c30-26-25(32-27-28-22-13-4-5-14-23(22)29(26)27)16-19-9-2-6-15-24(19)31-17-20-11-7-10-18-8-1-3-12-21(18)20/h1-16H,17H2. The van der Waals surface area contributed by atoms with E-state index in [1.165, 1.54) is 22.1 Å². The zero-order valence-corrected chi connectivity index (χ0v) is 17.9. The Morgan fingerprint density at radius 3 is 2.62 bits per heavy atom. The van der Waals surface area contributed by atoms with Gasteiger partial charge in [-0.3, -0.25) is 4.79 Å². The first-order valence-electron chi connectivity index (χ1n) is 10.4. The van der Waals surface area contributed by atoms with Crippen molar-refractivity contribution in [3.8, 4) is 5.75 Å². The summed E-state index contributed by atoms with van der Waals surface area (Å²) in [6, 6.07) is 30.1. The third-order valence-corrected chi connectivity index (χ3v) is 6.58. The Hall–Kier alpha value is -3.96. The molecule has 0 aliphatic carbocycles. The van der Waals surface area contributed by atoms with Crippen LogP contribution in [0.25, 0.3) is 32.8 Å². The lowest BCUT2D eigenvalue weighted by molar-refractivity contribution is 0.307. The van der Waals surface area contributed by atoms with Crippen LogP contribution in [0.2, 0.25) is 0 Å². The first-order valence-corrected chi connectivity index (χ1v) is 11.2. The number of para-hydroxylation sites is 3. The van der Waals surface area contributed by atoms with Gasteiger partial charge in [0.1, 0.15) is 12.4 Å². The summed E-state index contributed by atoms with van der Waals surface area (Å²) in [6.45, 7) is 0.453. The number of ether oxygens (including phenoxy) is 1. The molecule has 0 aliphatic heterocycles. The lowest BCUT2D eigenvalue weighted by Gasteiger charge is -2.11. The summed E-state index contributed by atoms with van der Waals surface area (Å²) in [7, 11) is 0. The molecule has 2 heterocycles. The second-order valence-corrected chi connectivity index (χ2v) is 8.61. The number of hydrogen-bond acceptors (Lipinski definition) is 4. The molecule has 0 atom stereocenters. The summed E-state index contributed by atoms with van der Waals surface area (Å²) in [5, 5.41) is 2.38. The quantitative estimate of drug-likeness (QED) is 0.384. The predicted molar refractivity (Wildman–Crippen MR) is 130 cm³/mol. The van der Waals surface area contributed by atoms with Gasteiger partial charge in [0, 0.05) is 5.56 Å². The monoisotopic (exact) mass is 434 g/mol. The number of thiazole rings is 1. The van der Waals surface area contributed by atoms with E-state index in [2.05, 4.69) is 35.3 Å². The molecule has 0 radical (unpaired) electrons. The maximum atomic E-state index is 13.1. The fourth-order valence-corrected chi connectivity index (χ4v) is 5.04. The van der Waals surface area contributed by atoms with E-state index in [0.29, 0.717) is 16.1 Å². The lowest BCUT2D eigenvalue weighted by Crippen LogP contribution is -2.22. The van der Waals surface area contributed by atoms with E-state index in [9.17, 15) is 4.79 Å². The molecule has 6 aromatic rings. The first-order chi connectivity index (χ1) is 15.8. The second-order valence-electron chi connectivity index (χ2n) is 7.60. The minimum Gasteiger partial charge on any atom is -0.488 e. The van der Waals surface area contributed by atoms with Crippen LogP contribution in [0.3, 0.4) is 0 Å². The maximum absolute atomic E-state index is 13.1. The van der Waals surface area contributed by atoms with E-state index in [-0.39, 0.29) is 5.56 Å². The number of fused-ring (bicyclic) bond motifs is 4. The number of rotatable bonds is 4. The summed E-state index contributed by atoms with van der Waals surface area (Å²) in [6.07, 6.45) is 1.90. The van der Waals surface area contributed by atoms with Gasteiger partial charge in [0.2, 0.25) is 0 Å². The van der Waals surface area contributed by atoms with Gasteiger partial charge in [-0.05, 0) is 40.6 Å². The fourth-order valence-electron chi connectivity index (χ4n) is 4.06. The Balaban J connectivity index is 1.39. The van der Waals surface area contributed by atoms with Crippen LogP contribution >= 0.6 is 11.3 Å². The van der Waals surface area contributed by atoms with Crippen LogP contribution in [0.15, 0.2) is 95.8 Å². The molecule has 32 heavy (non-hydrogen) atoms. The number of nitrogens with zero attached hydrogens (tertiary/aromatic N) is 2. The molecule has 0 aliphatic rings. The van der Waals surface area contributed by atoms with Crippen molar-refractivity contribution < 1.29 is 4.74 Å². The van der Waals surface area contributed by atoms with E-state index in [1.807, 2.05) is 66.7 Å². The summed E-state index contributed by atoms with van der Waals surface area (Å²) < 4.78 is 8.54. The minimum atomic E-state index is -0.0532. The molecule has 2 aromatic heterocycles. The molecule has 0 unspecified atom stereocenters. The number of imidazole rings is 1. The van der Waals surface area contributed by atoms with Crippen LogP contribution in [0.5, 0.6) is 5.75 Å². The fraction of sp³-hybridized carbons (Fsp3) is 0.0370. The topological polar surface area (TPSA) is 43.6 Å². The molecule has 5 heteroatoms. The Labute approximate surface area is 187 Å². The van der Waals surface area contributed by atoms with Crippen LogP contribution < -0.4 is 14.8 Å². The molecular formula is C27H18N2O2S. The molecule has 0 saturated carbocycles. The van der Waals surface area contributed by atoms with Crippen molar-refractivity contribution in [2.45, 2.75) is 6.61 Å². The van der Waals surface area contributed by atoms with E-state index in [0.717, 1.165) is 27.9 Å². The van der Waals surface area contributed by atoms with Gasteiger partial charge in [0.15, 0.2) is 4.96 Å². The Morgan fingerprint density at radius 2 is 1.66 bits per heavy atom. The number of hydrogen-bond donors (Lipinski definition) is 0. The predicted octanol–water partition coefficient (Wildman–Crippen LogP) is 5.19. The summed E-state index contributed by atoms with van der Waals surface area (Å²) in [5.41, 5.74) is 3.62. The van der Waals surface area contributed by atoms with Crippen LogP contribution in [0.1, 0.15) is 11.1 Å². The molecule has 0 fully saturated rings. The van der Waals surface area contributed by atoms with Gasteiger partial charge < -0.3 is 4.74 Å². The Morgan fingerprint density at radius 1 is 0.875 bits per heavy atom. The number of aromatic nitrogens is 2. The third kappa shape index (κ3) is 3.15. The Bertz CT molecular complexity index is 1710. The zero-order valence-electron chi connectivity index (χ0n) is 17.1. The van der Waals surface area contributed by atoms with E-state index >= 15 is 0 Å². The van der Waals surface area contributed by atoms with Crippen molar-refractivity contribution in [3.05, 3.63) is 117 Å². The zero-order chi connectivity index (χ0) is 21.5. The SMILES string of the molecule is O=c1c(=Cc2ccccc2OCc2cccc3ccccc23)sc2nc3ccccc3n12. The van der Waals surface area contributed by atoms with E-state index < -0.39 is 0 Å². The van der Waals surface area contributed by atoms with Gasteiger partial charge >= 0.3 is 0 Å². The van der Waals surface area contributed by atoms with Crippen LogP contribution in [-0.4, -0.2) is 9.38 Å². The molecule has 6 rings (SSSR count). The van der Waals surface area contributed by atoms with Crippen molar-refractivity contribution in [2.75, 3.05) is 0 Å². The van der Waals surface area contributed by atoms with Crippen LogP contribution in [0, 0.1) is 0 Å². The average molecular weight is 435 g/mol. The highest BCUT2D eigenvalue weighted by Gasteiger charge is 2.11. The van der Waals surface area contributed by atoms with Crippen LogP contribution in [-0.2, 0) is 6.61 Å². The highest BCUT2D eigenvalue weighted by molar-refractivity contribution is 7.15. The largest absolute Gasteiger partial charge is 0.488 e. The summed E-state index contributed by atoms with van der Waals surface area (Å²) in [4.78, 5) is 18.4. The van der Waals surface area contributed by atoms with Gasteiger partial charge in [-0.25, -0.2) is 9.38 Å². The van der Waals surface area contributed by atoms with Gasteiger partial charge in [-0.1, -0.05) is 84.1 Å². The molecule has 154 valence electrons. The molecular weight excluding hydrogens is 416 g/mol. The number of benzene rings is 4. The van der Waals surface area contributed by atoms with Crippen molar-refractivity contribution in [1.82, 2.24) is 9.38 Å².